The Morgan fingerprint density at radius 1 is 1.00 bits per heavy atom. The van der Waals surface area contributed by atoms with Crippen LogP contribution in [-0.2, 0) is 16.3 Å². The molecule has 0 radical (unpaired) electrons. The Morgan fingerprint density at radius 2 is 1.72 bits per heavy atom. The van der Waals surface area contributed by atoms with Crippen LogP contribution in [0.3, 0.4) is 0 Å². The van der Waals surface area contributed by atoms with Crippen molar-refractivity contribution in [1.82, 2.24) is 4.90 Å². The molecule has 2 heterocycles. The number of nitrogens with zero attached hydrogens (tertiary/aromatic N) is 2. The Hall–Kier alpha value is -1.99. The number of likely N-dealkylation sites (tertiary alicyclic amines) is 1. The molecule has 7 heteroatoms. The van der Waals surface area contributed by atoms with Crippen molar-refractivity contribution in [3.63, 3.8) is 0 Å². The molecule has 0 amide bonds. The molecule has 1 fully saturated rings. The molecule has 0 aliphatic carbocycles. The van der Waals surface area contributed by atoms with Gasteiger partial charge in [-0.1, -0.05) is 0 Å². The van der Waals surface area contributed by atoms with E-state index in [1.807, 2.05) is 6.07 Å². The van der Waals surface area contributed by atoms with Gasteiger partial charge in [-0.05, 0) is 75.1 Å². The van der Waals surface area contributed by atoms with E-state index >= 15 is 0 Å². The van der Waals surface area contributed by atoms with Gasteiger partial charge in [-0.3, -0.25) is 0 Å². The van der Waals surface area contributed by atoms with Crippen LogP contribution >= 0.6 is 0 Å². The largest absolute Gasteiger partial charge is 0.368 e. The highest BCUT2D eigenvalue weighted by Crippen LogP contribution is 2.36. The minimum atomic E-state index is -4.11. The minimum absolute atomic E-state index is 0.0113. The third-order valence-electron chi connectivity index (χ3n) is 6.15. The predicted molar refractivity (Wildman–Crippen MR) is 109 cm³/mol. The van der Waals surface area contributed by atoms with Crippen molar-refractivity contribution >= 4 is 15.5 Å². The maximum atomic E-state index is 14.1. The zero-order valence-electron chi connectivity index (χ0n) is 16.7. The van der Waals surface area contributed by atoms with E-state index in [2.05, 4.69) is 23.6 Å². The molecule has 156 valence electrons. The molecule has 2 aromatic carbocycles. The van der Waals surface area contributed by atoms with Crippen LogP contribution in [0.4, 0.5) is 14.5 Å². The van der Waals surface area contributed by atoms with Crippen LogP contribution in [0.1, 0.15) is 32.3 Å². The summed E-state index contributed by atoms with van der Waals surface area (Å²) in [5, 5.41) is 0. The first kappa shape index (κ1) is 20.3. The van der Waals surface area contributed by atoms with Gasteiger partial charge in [0.25, 0.3) is 0 Å². The average molecular weight is 421 g/mol. The second kappa shape index (κ2) is 7.69. The number of hydrogen-bond acceptors (Lipinski definition) is 4. The first-order valence-electron chi connectivity index (χ1n) is 10.1. The molecule has 0 bridgehead atoms. The quantitative estimate of drug-likeness (QED) is 0.749. The lowest BCUT2D eigenvalue weighted by atomic mass is 10.0. The molecule has 0 atom stereocenters. The number of anilines is 1. The van der Waals surface area contributed by atoms with Crippen LogP contribution in [0.2, 0.25) is 0 Å². The Labute approximate surface area is 171 Å². The van der Waals surface area contributed by atoms with E-state index in [0.717, 1.165) is 68.3 Å². The number of hydrogen-bond donors (Lipinski definition) is 0. The van der Waals surface area contributed by atoms with E-state index in [1.165, 1.54) is 6.07 Å². The van der Waals surface area contributed by atoms with Crippen LogP contribution in [0.15, 0.2) is 46.2 Å². The molecule has 4 rings (SSSR count). The number of piperidine rings is 1. The molecule has 1 saturated heterocycles. The molecule has 29 heavy (non-hydrogen) atoms. The summed E-state index contributed by atoms with van der Waals surface area (Å²) >= 11 is 0. The van der Waals surface area contributed by atoms with Crippen molar-refractivity contribution in [2.45, 2.75) is 55.0 Å². The Kier molecular flexibility index (Phi) is 5.38. The maximum absolute atomic E-state index is 14.1. The topological polar surface area (TPSA) is 40.6 Å². The first-order valence-corrected chi connectivity index (χ1v) is 11.6. The van der Waals surface area contributed by atoms with Gasteiger partial charge in [0.2, 0.25) is 9.84 Å². The van der Waals surface area contributed by atoms with E-state index < -0.39 is 26.4 Å². The standard InChI is InChI=1S/C22H26F2N2O2S/c1-15(2)25-10-8-18(9-11-25)26-12-7-16-13-19(4-6-21(16)26)29(27,28)22-14-17(23)3-5-20(22)24/h3-6,13-15,18H,7-12H2,1-2H3. The first-order chi connectivity index (χ1) is 13.8. The monoisotopic (exact) mass is 420 g/mol. The molecule has 4 nitrogen and oxygen atoms in total. The zero-order chi connectivity index (χ0) is 20.8. The molecule has 0 aromatic heterocycles. The van der Waals surface area contributed by atoms with Crippen molar-refractivity contribution in [1.29, 1.82) is 0 Å². The summed E-state index contributed by atoms with van der Waals surface area (Å²) in [6.45, 7) is 7.43. The van der Waals surface area contributed by atoms with Crippen LogP contribution in [0.25, 0.3) is 0 Å². The summed E-state index contributed by atoms with van der Waals surface area (Å²) in [5.41, 5.74) is 2.01. The Bertz CT molecular complexity index is 1020. The van der Waals surface area contributed by atoms with Gasteiger partial charge in [-0.25, -0.2) is 17.2 Å². The smallest absolute Gasteiger partial charge is 0.209 e. The fraction of sp³-hybridized carbons (Fsp3) is 0.455. The summed E-state index contributed by atoms with van der Waals surface area (Å²) in [5.74, 6) is -1.71. The summed E-state index contributed by atoms with van der Waals surface area (Å²) in [6, 6.07) is 8.47. The van der Waals surface area contributed by atoms with Crippen LogP contribution in [0, 0.1) is 11.6 Å². The predicted octanol–water partition coefficient (Wildman–Crippen LogP) is 4.03. The Balaban J connectivity index is 1.58. The number of rotatable bonds is 4. The summed E-state index contributed by atoms with van der Waals surface area (Å²) in [4.78, 5) is 4.26. The molecule has 0 N–H and O–H groups in total. The van der Waals surface area contributed by atoms with Gasteiger partial charge in [0.1, 0.15) is 16.5 Å². The molecular weight excluding hydrogens is 394 g/mol. The number of fused-ring (bicyclic) bond motifs is 1. The van der Waals surface area contributed by atoms with Crippen molar-refractivity contribution < 1.29 is 17.2 Å². The number of sulfone groups is 1. The van der Waals surface area contributed by atoms with Crippen molar-refractivity contribution in [3.05, 3.63) is 53.6 Å². The lowest BCUT2D eigenvalue weighted by Crippen LogP contribution is -2.46. The fourth-order valence-corrected chi connectivity index (χ4v) is 5.87. The average Bonchev–Trinajstić information content (AvgIpc) is 3.13. The molecule has 2 aliphatic heterocycles. The molecule has 0 unspecified atom stereocenters. The van der Waals surface area contributed by atoms with Gasteiger partial charge < -0.3 is 9.80 Å². The van der Waals surface area contributed by atoms with Gasteiger partial charge in [-0.15, -0.1) is 0 Å². The lowest BCUT2D eigenvalue weighted by Gasteiger charge is -2.39. The molecular formula is C22H26F2N2O2S. The van der Waals surface area contributed by atoms with E-state index in [4.69, 9.17) is 0 Å². The Morgan fingerprint density at radius 3 is 2.41 bits per heavy atom. The third kappa shape index (κ3) is 3.78. The second-order valence-corrected chi connectivity index (χ2v) is 10.1. The van der Waals surface area contributed by atoms with Crippen molar-refractivity contribution in [2.24, 2.45) is 0 Å². The SMILES string of the molecule is CC(C)N1CCC(N2CCc3cc(S(=O)(=O)c4cc(F)ccc4F)ccc32)CC1. The third-order valence-corrected chi connectivity index (χ3v) is 7.91. The maximum Gasteiger partial charge on any atom is 0.209 e. The number of halogens is 2. The molecule has 2 aliphatic rings. The lowest BCUT2D eigenvalue weighted by molar-refractivity contribution is 0.170. The van der Waals surface area contributed by atoms with E-state index in [-0.39, 0.29) is 4.90 Å². The van der Waals surface area contributed by atoms with Crippen LogP contribution in [0.5, 0.6) is 0 Å². The van der Waals surface area contributed by atoms with E-state index in [0.29, 0.717) is 12.1 Å². The van der Waals surface area contributed by atoms with Gasteiger partial charge in [0.05, 0.1) is 4.90 Å². The summed E-state index contributed by atoms with van der Waals surface area (Å²) in [6.07, 6.45) is 2.94. The minimum Gasteiger partial charge on any atom is -0.368 e. The second-order valence-electron chi connectivity index (χ2n) is 8.17. The molecule has 2 aromatic rings. The van der Waals surface area contributed by atoms with Crippen molar-refractivity contribution in [3.8, 4) is 0 Å². The van der Waals surface area contributed by atoms with Crippen LogP contribution < -0.4 is 4.90 Å². The highest BCUT2D eigenvalue weighted by atomic mass is 32.2. The highest BCUT2D eigenvalue weighted by Gasteiger charge is 2.31. The van der Waals surface area contributed by atoms with Gasteiger partial charge >= 0.3 is 0 Å². The molecule has 0 spiro atoms. The van der Waals surface area contributed by atoms with Crippen molar-refractivity contribution in [2.75, 3.05) is 24.5 Å². The van der Waals surface area contributed by atoms with E-state index in [9.17, 15) is 17.2 Å². The van der Waals surface area contributed by atoms with Crippen LogP contribution in [-0.4, -0.2) is 45.0 Å². The summed E-state index contributed by atoms with van der Waals surface area (Å²) in [7, 11) is -4.11. The highest BCUT2D eigenvalue weighted by molar-refractivity contribution is 7.91. The van der Waals surface area contributed by atoms with Gasteiger partial charge in [0.15, 0.2) is 0 Å². The zero-order valence-corrected chi connectivity index (χ0v) is 17.6. The normalized spacial score (nSPS) is 18.4. The fourth-order valence-electron chi connectivity index (χ4n) is 4.47. The van der Waals surface area contributed by atoms with Gasteiger partial charge in [0, 0.05) is 37.4 Å². The number of benzene rings is 2. The van der Waals surface area contributed by atoms with E-state index in [1.54, 1.807) is 6.07 Å². The molecule has 0 saturated carbocycles. The summed E-state index contributed by atoms with van der Waals surface area (Å²) < 4.78 is 53.3. The van der Waals surface area contributed by atoms with Gasteiger partial charge in [-0.2, -0.15) is 0 Å².